The second-order valence-electron chi connectivity index (χ2n) is 8.42. The molecule has 2 aliphatic heterocycles. The van der Waals surface area contributed by atoms with Gasteiger partial charge in [-0.15, -0.1) is 0 Å². The third kappa shape index (κ3) is 5.14. The molecule has 0 aliphatic carbocycles. The van der Waals surface area contributed by atoms with Crippen molar-refractivity contribution in [2.24, 2.45) is 5.92 Å². The first-order valence-electron chi connectivity index (χ1n) is 11.1. The van der Waals surface area contributed by atoms with Gasteiger partial charge in [0.1, 0.15) is 21.8 Å². The number of carboxylic acids is 1. The van der Waals surface area contributed by atoms with Crippen LogP contribution in [0.1, 0.15) is 56.2 Å². The molecule has 0 spiro atoms. The van der Waals surface area contributed by atoms with E-state index in [1.54, 1.807) is 17.6 Å². The van der Waals surface area contributed by atoms with Gasteiger partial charge in [-0.2, -0.15) is 5.26 Å². The Hall–Kier alpha value is -2.64. The molecule has 0 aromatic carbocycles. The van der Waals surface area contributed by atoms with Crippen LogP contribution in [0.5, 0.6) is 0 Å². The predicted molar refractivity (Wildman–Crippen MR) is 133 cm³/mol. The minimum atomic E-state index is -0.919. The smallest absolute Gasteiger partial charge is 0.303 e. The molecule has 33 heavy (non-hydrogen) atoms. The fourth-order valence-corrected chi connectivity index (χ4v) is 5.66. The third-order valence-electron chi connectivity index (χ3n) is 6.04. The lowest BCUT2D eigenvalue weighted by Gasteiger charge is -2.35. The summed E-state index contributed by atoms with van der Waals surface area (Å²) in [5, 5.41) is 18.6. The summed E-state index contributed by atoms with van der Waals surface area (Å²) in [5.74, 6) is 0.00969. The summed E-state index contributed by atoms with van der Waals surface area (Å²) in [6, 6.07) is 2.05. The van der Waals surface area contributed by atoms with E-state index in [-0.39, 0.29) is 30.0 Å². The predicted octanol–water partition coefficient (Wildman–Crippen LogP) is 3.35. The summed E-state index contributed by atoms with van der Waals surface area (Å²) in [4.78, 5) is 41.0. The molecule has 0 radical (unpaired) electrons. The molecule has 8 nitrogen and oxygen atoms in total. The normalized spacial score (nSPS) is 19.9. The number of anilines is 1. The average molecular weight is 489 g/mol. The highest BCUT2D eigenvalue weighted by molar-refractivity contribution is 8.26. The highest BCUT2D eigenvalue weighted by Gasteiger charge is 2.33. The Morgan fingerprint density at radius 1 is 1.39 bits per heavy atom. The molecule has 1 atom stereocenters. The lowest BCUT2D eigenvalue weighted by molar-refractivity contribution is -0.137. The zero-order valence-corrected chi connectivity index (χ0v) is 20.7. The minimum absolute atomic E-state index is 0.0422. The molecular weight excluding hydrogens is 460 g/mol. The maximum absolute atomic E-state index is 13.1. The first kappa shape index (κ1) is 25.0. The van der Waals surface area contributed by atoms with Gasteiger partial charge < -0.3 is 10.0 Å². The van der Waals surface area contributed by atoms with Crippen molar-refractivity contribution in [1.29, 1.82) is 5.26 Å². The van der Waals surface area contributed by atoms with Crippen LogP contribution in [0.4, 0.5) is 5.82 Å². The van der Waals surface area contributed by atoms with E-state index in [2.05, 4.69) is 11.8 Å². The van der Waals surface area contributed by atoms with Gasteiger partial charge in [-0.3, -0.25) is 23.9 Å². The van der Waals surface area contributed by atoms with Crippen LogP contribution in [0.15, 0.2) is 9.70 Å². The number of carbonyl (C=O) groups excluding carboxylic acids is 1. The number of aromatic nitrogens is 1. The lowest BCUT2D eigenvalue weighted by atomic mass is 9.98. The standard InChI is InChI=1S/C23H28N4O4S2/c1-4-26-20(25-9-5-7-14(2)13-25)16(15(3)17(12-24)21(26)30)11-18-22(31)27(23(32)33-18)10-6-8-19(28)29/h11,14H,4-10,13H2,1-3H3,(H,28,29)/b18-11+. The highest BCUT2D eigenvalue weighted by atomic mass is 32.2. The van der Waals surface area contributed by atoms with E-state index in [4.69, 9.17) is 17.3 Å². The van der Waals surface area contributed by atoms with Crippen molar-refractivity contribution in [3.8, 4) is 6.07 Å². The molecule has 1 aromatic heterocycles. The zero-order chi connectivity index (χ0) is 24.3. The third-order valence-corrected chi connectivity index (χ3v) is 7.42. The summed E-state index contributed by atoms with van der Waals surface area (Å²) in [7, 11) is 0. The Morgan fingerprint density at radius 2 is 2.12 bits per heavy atom. The molecular formula is C23H28N4O4S2. The number of hydrogen-bond donors (Lipinski definition) is 1. The lowest BCUT2D eigenvalue weighted by Crippen LogP contribution is -2.40. The Kier molecular flexibility index (Phi) is 7.97. The van der Waals surface area contributed by atoms with Crippen molar-refractivity contribution in [2.45, 2.75) is 53.0 Å². The molecule has 2 aliphatic rings. The van der Waals surface area contributed by atoms with Crippen LogP contribution in [0.2, 0.25) is 0 Å². The SMILES string of the molecule is CCn1c(N2CCCC(C)C2)c(/C=C2/SC(=S)N(CCCC(=O)O)C2=O)c(C)c(C#N)c1=O. The zero-order valence-electron chi connectivity index (χ0n) is 19.1. The van der Waals surface area contributed by atoms with Gasteiger partial charge in [-0.05, 0) is 50.7 Å². The molecule has 1 amide bonds. The van der Waals surface area contributed by atoms with E-state index in [0.717, 1.165) is 43.5 Å². The number of thiocarbonyl (C=S) groups is 1. The number of carbonyl (C=O) groups is 2. The molecule has 2 saturated heterocycles. The number of piperidine rings is 1. The first-order chi connectivity index (χ1) is 15.7. The summed E-state index contributed by atoms with van der Waals surface area (Å²) in [6.07, 6.45) is 4.13. The van der Waals surface area contributed by atoms with Crippen LogP contribution < -0.4 is 10.5 Å². The number of amides is 1. The van der Waals surface area contributed by atoms with Crippen molar-refractivity contribution in [2.75, 3.05) is 24.5 Å². The summed E-state index contributed by atoms with van der Waals surface area (Å²) >= 11 is 6.54. The number of nitrogens with zero attached hydrogens (tertiary/aromatic N) is 4. The first-order valence-corrected chi connectivity index (χ1v) is 12.3. The largest absolute Gasteiger partial charge is 0.481 e. The second-order valence-corrected chi connectivity index (χ2v) is 10.1. The van der Waals surface area contributed by atoms with Crippen molar-refractivity contribution in [1.82, 2.24) is 9.47 Å². The van der Waals surface area contributed by atoms with Crippen LogP contribution in [0, 0.1) is 24.2 Å². The maximum atomic E-state index is 13.1. The van der Waals surface area contributed by atoms with Gasteiger partial charge in [0.15, 0.2) is 0 Å². The molecule has 1 N–H and O–H groups in total. The Labute approximate surface area is 202 Å². The van der Waals surface area contributed by atoms with Crippen molar-refractivity contribution in [3.63, 3.8) is 0 Å². The van der Waals surface area contributed by atoms with Crippen LogP contribution in [-0.2, 0) is 16.1 Å². The number of rotatable bonds is 7. The van der Waals surface area contributed by atoms with Gasteiger partial charge in [-0.25, -0.2) is 0 Å². The minimum Gasteiger partial charge on any atom is -0.481 e. The van der Waals surface area contributed by atoms with Crippen LogP contribution >= 0.6 is 24.0 Å². The van der Waals surface area contributed by atoms with Crippen LogP contribution in [0.3, 0.4) is 0 Å². The van der Waals surface area contributed by atoms with Gasteiger partial charge in [0.05, 0.1) is 4.91 Å². The second kappa shape index (κ2) is 10.5. The van der Waals surface area contributed by atoms with E-state index in [9.17, 15) is 19.6 Å². The van der Waals surface area contributed by atoms with E-state index in [0.29, 0.717) is 39.2 Å². The molecule has 3 heterocycles. The number of hydrogen-bond acceptors (Lipinski definition) is 7. The fraction of sp³-hybridized carbons (Fsp3) is 0.522. The van der Waals surface area contributed by atoms with Crippen molar-refractivity contribution < 1.29 is 14.7 Å². The topological polar surface area (TPSA) is 107 Å². The van der Waals surface area contributed by atoms with Gasteiger partial charge in [0.2, 0.25) is 0 Å². The maximum Gasteiger partial charge on any atom is 0.303 e. The van der Waals surface area contributed by atoms with Gasteiger partial charge >= 0.3 is 5.97 Å². The van der Waals surface area contributed by atoms with E-state index < -0.39 is 5.97 Å². The number of thioether (sulfide) groups is 1. The van der Waals surface area contributed by atoms with Crippen LogP contribution in [-0.4, -0.2) is 50.4 Å². The molecule has 2 fully saturated rings. The van der Waals surface area contributed by atoms with E-state index in [1.807, 2.05) is 13.0 Å². The molecule has 10 heteroatoms. The number of pyridine rings is 1. The number of nitriles is 1. The summed E-state index contributed by atoms with van der Waals surface area (Å²) in [6.45, 7) is 8.04. The fourth-order valence-electron chi connectivity index (χ4n) is 4.37. The van der Waals surface area contributed by atoms with Crippen LogP contribution in [0.25, 0.3) is 6.08 Å². The molecule has 1 aromatic rings. The quantitative estimate of drug-likeness (QED) is 0.460. The van der Waals surface area contributed by atoms with Gasteiger partial charge in [-0.1, -0.05) is 30.9 Å². The van der Waals surface area contributed by atoms with E-state index >= 15 is 0 Å². The Balaban J connectivity index is 2.10. The van der Waals surface area contributed by atoms with Gasteiger partial charge in [0.25, 0.3) is 11.5 Å². The van der Waals surface area contributed by atoms with Crippen molar-refractivity contribution in [3.05, 3.63) is 31.9 Å². The summed E-state index contributed by atoms with van der Waals surface area (Å²) in [5.41, 5.74) is 1.00. The summed E-state index contributed by atoms with van der Waals surface area (Å²) < 4.78 is 2.01. The van der Waals surface area contributed by atoms with E-state index in [1.165, 1.54) is 4.90 Å². The van der Waals surface area contributed by atoms with Gasteiger partial charge in [0, 0.05) is 38.2 Å². The average Bonchev–Trinajstić information content (AvgIpc) is 3.02. The monoisotopic (exact) mass is 488 g/mol. The molecule has 3 rings (SSSR count). The number of aliphatic carboxylic acids is 1. The molecule has 1 unspecified atom stereocenters. The molecule has 0 saturated carbocycles. The van der Waals surface area contributed by atoms with Crippen molar-refractivity contribution >= 4 is 52.1 Å². The highest BCUT2D eigenvalue weighted by Crippen LogP contribution is 2.36. The molecule has 176 valence electrons. The Morgan fingerprint density at radius 3 is 2.73 bits per heavy atom. The Bertz CT molecular complexity index is 1120. The number of carboxylic acid groups (broad SMARTS) is 1. The molecule has 0 bridgehead atoms.